The minimum absolute atomic E-state index is 0.0411. The third-order valence-corrected chi connectivity index (χ3v) is 7.61. The molecule has 6 nitrogen and oxygen atoms in total. The summed E-state index contributed by atoms with van der Waals surface area (Å²) in [6.07, 6.45) is 1.58. The van der Waals surface area contributed by atoms with E-state index in [2.05, 4.69) is 4.72 Å². The molecule has 0 bridgehead atoms. The molecule has 1 fully saturated rings. The van der Waals surface area contributed by atoms with E-state index in [9.17, 15) is 21.2 Å². The molecule has 1 aliphatic heterocycles. The van der Waals surface area contributed by atoms with Crippen LogP contribution in [0.2, 0.25) is 5.02 Å². The van der Waals surface area contributed by atoms with Crippen LogP contribution in [-0.4, -0.2) is 34.2 Å². The Morgan fingerprint density at radius 3 is 2.12 bits per heavy atom. The second-order valence-corrected chi connectivity index (χ2v) is 9.84. The number of hydrogen-bond acceptors (Lipinski definition) is 4. The minimum Gasteiger partial charge on any atom is -0.278 e. The second-order valence-electron chi connectivity index (χ2n) is 5.81. The first-order valence-corrected chi connectivity index (χ1v) is 11.1. The molecular formula is C16H16ClFN2O4S2. The molecule has 10 heteroatoms. The van der Waals surface area contributed by atoms with Crippen LogP contribution in [0.4, 0.5) is 10.1 Å². The van der Waals surface area contributed by atoms with Gasteiger partial charge in [-0.2, -0.15) is 4.31 Å². The highest BCUT2D eigenvalue weighted by Gasteiger charge is 2.28. The van der Waals surface area contributed by atoms with Crippen LogP contribution in [0.25, 0.3) is 0 Å². The normalized spacial score (nSPS) is 15.9. The first-order chi connectivity index (χ1) is 12.2. The molecule has 0 spiro atoms. The number of benzene rings is 2. The maximum atomic E-state index is 13.0. The average molecular weight is 419 g/mol. The highest BCUT2D eigenvalue weighted by atomic mass is 35.5. The van der Waals surface area contributed by atoms with Crippen molar-refractivity contribution >= 4 is 37.3 Å². The third kappa shape index (κ3) is 3.85. The molecule has 0 amide bonds. The number of nitrogens with zero attached hydrogens (tertiary/aromatic N) is 1. The molecule has 2 aromatic rings. The van der Waals surface area contributed by atoms with Gasteiger partial charge in [0.25, 0.3) is 10.0 Å². The fourth-order valence-corrected chi connectivity index (χ4v) is 5.47. The molecule has 0 atom stereocenters. The predicted octanol–water partition coefficient (Wildman–Crippen LogP) is 3.06. The summed E-state index contributed by atoms with van der Waals surface area (Å²) < 4.78 is 66.7. The van der Waals surface area contributed by atoms with Crippen molar-refractivity contribution in [1.29, 1.82) is 0 Å². The molecule has 1 heterocycles. The van der Waals surface area contributed by atoms with Gasteiger partial charge in [-0.05, 0) is 55.3 Å². The highest BCUT2D eigenvalue weighted by molar-refractivity contribution is 7.92. The van der Waals surface area contributed by atoms with E-state index in [-0.39, 0.29) is 20.5 Å². The van der Waals surface area contributed by atoms with Crippen LogP contribution in [0, 0.1) is 5.82 Å². The lowest BCUT2D eigenvalue weighted by Gasteiger charge is -2.17. The van der Waals surface area contributed by atoms with Gasteiger partial charge in [0.15, 0.2) is 0 Å². The molecule has 1 saturated heterocycles. The van der Waals surface area contributed by atoms with Gasteiger partial charge in [0.05, 0.1) is 20.5 Å². The lowest BCUT2D eigenvalue weighted by molar-refractivity contribution is 0.477. The van der Waals surface area contributed by atoms with Crippen LogP contribution in [0.5, 0.6) is 0 Å². The summed E-state index contributed by atoms with van der Waals surface area (Å²) in [4.78, 5) is -0.205. The zero-order valence-corrected chi connectivity index (χ0v) is 15.9. The summed E-state index contributed by atoms with van der Waals surface area (Å²) >= 11 is 6.03. The van der Waals surface area contributed by atoms with Crippen LogP contribution >= 0.6 is 11.6 Å². The smallest absolute Gasteiger partial charge is 0.261 e. The Morgan fingerprint density at radius 2 is 1.50 bits per heavy atom. The fourth-order valence-electron chi connectivity index (χ4n) is 2.64. The van der Waals surface area contributed by atoms with Gasteiger partial charge in [0.1, 0.15) is 5.82 Å². The maximum Gasteiger partial charge on any atom is 0.261 e. The van der Waals surface area contributed by atoms with Gasteiger partial charge in [-0.15, -0.1) is 0 Å². The molecule has 0 saturated carbocycles. The van der Waals surface area contributed by atoms with Crippen molar-refractivity contribution < 1.29 is 21.2 Å². The Labute approximate surface area is 156 Å². The first-order valence-electron chi connectivity index (χ1n) is 7.78. The second kappa shape index (κ2) is 7.15. The zero-order valence-electron chi connectivity index (χ0n) is 13.5. The topological polar surface area (TPSA) is 83.5 Å². The lowest BCUT2D eigenvalue weighted by Crippen LogP contribution is -2.28. The average Bonchev–Trinajstić information content (AvgIpc) is 3.12. The largest absolute Gasteiger partial charge is 0.278 e. The van der Waals surface area contributed by atoms with E-state index in [0.717, 1.165) is 37.1 Å². The van der Waals surface area contributed by atoms with Gasteiger partial charge in [0.2, 0.25) is 10.0 Å². The molecule has 26 heavy (non-hydrogen) atoms. The molecule has 1 N–H and O–H groups in total. The van der Waals surface area contributed by atoms with Gasteiger partial charge in [-0.1, -0.05) is 11.6 Å². The van der Waals surface area contributed by atoms with Crippen molar-refractivity contribution in [3.8, 4) is 0 Å². The number of rotatable bonds is 5. The summed E-state index contributed by atoms with van der Waals surface area (Å²) in [7, 11) is -7.76. The summed E-state index contributed by atoms with van der Waals surface area (Å²) in [6, 6.07) is 8.11. The Morgan fingerprint density at radius 1 is 0.923 bits per heavy atom. The monoisotopic (exact) mass is 418 g/mol. The van der Waals surface area contributed by atoms with Crippen molar-refractivity contribution in [2.24, 2.45) is 0 Å². The molecule has 2 aromatic carbocycles. The Balaban J connectivity index is 1.94. The minimum atomic E-state index is -4.04. The summed E-state index contributed by atoms with van der Waals surface area (Å²) in [6.45, 7) is 0.864. The number of anilines is 1. The molecule has 1 aliphatic rings. The molecule has 140 valence electrons. The number of halogens is 2. The van der Waals surface area contributed by atoms with Gasteiger partial charge in [-0.3, -0.25) is 4.72 Å². The van der Waals surface area contributed by atoms with E-state index in [1.807, 2.05) is 0 Å². The molecule has 0 radical (unpaired) electrons. The van der Waals surface area contributed by atoms with E-state index >= 15 is 0 Å². The van der Waals surface area contributed by atoms with Gasteiger partial charge >= 0.3 is 0 Å². The van der Waals surface area contributed by atoms with Gasteiger partial charge in [0, 0.05) is 13.1 Å². The van der Waals surface area contributed by atoms with E-state index in [1.165, 1.54) is 22.5 Å². The zero-order chi connectivity index (χ0) is 18.9. The molecule has 0 aliphatic carbocycles. The van der Waals surface area contributed by atoms with E-state index in [1.54, 1.807) is 0 Å². The lowest BCUT2D eigenvalue weighted by atomic mass is 10.3. The van der Waals surface area contributed by atoms with E-state index < -0.39 is 25.9 Å². The standard InChI is InChI=1S/C16H16ClFN2O4S2/c17-15-8-7-14(26(23,24)20-9-1-2-10-20)11-16(15)19-25(21,22)13-5-3-12(18)4-6-13/h3-8,11,19H,1-2,9-10H2. The van der Waals surface area contributed by atoms with Crippen LogP contribution in [0.15, 0.2) is 52.3 Å². The van der Waals surface area contributed by atoms with Crippen molar-refractivity contribution in [1.82, 2.24) is 4.31 Å². The molecular weight excluding hydrogens is 403 g/mol. The third-order valence-electron chi connectivity index (χ3n) is 4.01. The summed E-state index contributed by atoms with van der Waals surface area (Å²) in [5.74, 6) is -0.569. The van der Waals surface area contributed by atoms with E-state index in [4.69, 9.17) is 11.6 Å². The van der Waals surface area contributed by atoms with Crippen LogP contribution < -0.4 is 4.72 Å². The SMILES string of the molecule is O=S(=O)(Nc1cc(S(=O)(=O)N2CCCC2)ccc1Cl)c1ccc(F)cc1. The van der Waals surface area contributed by atoms with Crippen molar-refractivity contribution in [2.75, 3.05) is 17.8 Å². The van der Waals surface area contributed by atoms with Crippen LogP contribution in [-0.2, 0) is 20.0 Å². The molecule has 0 unspecified atom stereocenters. The summed E-state index contributed by atoms with van der Waals surface area (Å²) in [5.41, 5.74) is -0.0590. The number of hydrogen-bond donors (Lipinski definition) is 1. The highest BCUT2D eigenvalue weighted by Crippen LogP contribution is 2.30. The fraction of sp³-hybridized carbons (Fsp3) is 0.250. The Kier molecular flexibility index (Phi) is 5.25. The Bertz CT molecular complexity index is 1020. The predicted molar refractivity (Wildman–Crippen MR) is 96.7 cm³/mol. The first kappa shape index (κ1) is 19.1. The maximum absolute atomic E-state index is 13.0. The van der Waals surface area contributed by atoms with Gasteiger partial charge < -0.3 is 0 Å². The molecule has 3 rings (SSSR count). The Hall–Kier alpha value is -1.68. The van der Waals surface area contributed by atoms with Gasteiger partial charge in [-0.25, -0.2) is 21.2 Å². The van der Waals surface area contributed by atoms with Crippen molar-refractivity contribution in [3.63, 3.8) is 0 Å². The summed E-state index contributed by atoms with van der Waals surface area (Å²) in [5, 5.41) is 0.0519. The molecule has 0 aromatic heterocycles. The van der Waals surface area contributed by atoms with Crippen molar-refractivity contribution in [2.45, 2.75) is 22.6 Å². The number of sulfonamides is 2. The number of nitrogens with one attached hydrogen (secondary N) is 1. The van der Waals surface area contributed by atoms with Crippen LogP contribution in [0.3, 0.4) is 0 Å². The van der Waals surface area contributed by atoms with E-state index in [0.29, 0.717) is 13.1 Å². The van der Waals surface area contributed by atoms with Crippen molar-refractivity contribution in [3.05, 3.63) is 53.3 Å². The quantitative estimate of drug-likeness (QED) is 0.808. The van der Waals surface area contributed by atoms with Crippen LogP contribution in [0.1, 0.15) is 12.8 Å².